The maximum Gasteiger partial charge on any atom is 0.242 e. The third kappa shape index (κ3) is 7.30. The Kier molecular flexibility index (Phi) is 10.7. The molecule has 1 aliphatic rings. The second kappa shape index (κ2) is 12.2. The van der Waals surface area contributed by atoms with Crippen LogP contribution in [0.4, 0.5) is 0 Å². The van der Waals surface area contributed by atoms with Crippen LogP contribution in [0.3, 0.4) is 0 Å². The van der Waals surface area contributed by atoms with E-state index in [4.69, 9.17) is 0 Å². The van der Waals surface area contributed by atoms with Gasteiger partial charge in [0.2, 0.25) is 5.91 Å². The van der Waals surface area contributed by atoms with Crippen molar-refractivity contribution in [3.8, 4) is 0 Å². The van der Waals surface area contributed by atoms with E-state index >= 15 is 0 Å². The fraction of sp³-hybridized carbons (Fsp3) is 0.524. The van der Waals surface area contributed by atoms with Gasteiger partial charge in [0.25, 0.3) is 0 Å². The Bertz CT molecular complexity index is 750. The molecule has 0 spiro atoms. The highest BCUT2D eigenvalue weighted by molar-refractivity contribution is 5.85. The lowest BCUT2D eigenvalue weighted by atomic mass is 9.99. The molecule has 29 heavy (non-hydrogen) atoms. The van der Waals surface area contributed by atoms with Crippen LogP contribution >= 0.6 is 24.8 Å². The molecule has 0 saturated carbocycles. The van der Waals surface area contributed by atoms with Crippen LogP contribution in [-0.4, -0.2) is 40.7 Å². The Hall–Kier alpha value is -1.60. The summed E-state index contributed by atoms with van der Waals surface area (Å²) in [5.74, 6) is 0.755. The van der Waals surface area contributed by atoms with Crippen LogP contribution < -0.4 is 10.6 Å². The third-order valence-corrected chi connectivity index (χ3v) is 5.25. The summed E-state index contributed by atoms with van der Waals surface area (Å²) in [7, 11) is 3.63. The Labute approximate surface area is 186 Å². The number of aromatic nitrogens is 2. The maximum absolute atomic E-state index is 12.5. The molecule has 2 atom stereocenters. The van der Waals surface area contributed by atoms with E-state index in [1.54, 1.807) is 17.9 Å². The van der Waals surface area contributed by atoms with E-state index in [1.807, 2.05) is 13.2 Å². The number of carbonyl (C=O) groups excluding carboxylic acids is 1. The van der Waals surface area contributed by atoms with Crippen molar-refractivity contribution in [2.75, 3.05) is 20.1 Å². The molecule has 1 aliphatic heterocycles. The third-order valence-electron chi connectivity index (χ3n) is 5.25. The van der Waals surface area contributed by atoms with Gasteiger partial charge in [-0.3, -0.25) is 14.4 Å². The number of benzene rings is 1. The molecule has 3 rings (SSSR count). The summed E-state index contributed by atoms with van der Waals surface area (Å²) in [5.41, 5.74) is 3.31. The largest absolute Gasteiger partial charge is 0.350 e. The first-order valence-corrected chi connectivity index (χ1v) is 9.79. The molecule has 2 heterocycles. The number of halogens is 2. The van der Waals surface area contributed by atoms with E-state index in [0.717, 1.165) is 23.6 Å². The molecule has 0 aliphatic carbocycles. The van der Waals surface area contributed by atoms with Crippen molar-refractivity contribution in [3.05, 3.63) is 53.3 Å². The van der Waals surface area contributed by atoms with E-state index in [1.165, 1.54) is 31.5 Å². The Morgan fingerprint density at radius 2 is 1.93 bits per heavy atom. The van der Waals surface area contributed by atoms with Crippen molar-refractivity contribution in [2.24, 2.45) is 13.0 Å². The minimum Gasteiger partial charge on any atom is -0.350 e. The molecule has 2 aromatic rings. The maximum atomic E-state index is 12.5. The zero-order valence-corrected chi connectivity index (χ0v) is 19.1. The van der Waals surface area contributed by atoms with Crippen LogP contribution in [0.15, 0.2) is 36.7 Å². The van der Waals surface area contributed by atoms with Gasteiger partial charge in [-0.2, -0.15) is 5.10 Å². The van der Waals surface area contributed by atoms with Crippen molar-refractivity contribution < 1.29 is 4.79 Å². The SMILES string of the molecule is CNC(C(=O)NCc1ccc(CN2CCCC(C)C2)cc1)c1cnn(C)c1.Cl.Cl. The van der Waals surface area contributed by atoms with E-state index in [-0.39, 0.29) is 36.8 Å². The van der Waals surface area contributed by atoms with Crippen LogP contribution in [0.1, 0.15) is 42.5 Å². The highest BCUT2D eigenvalue weighted by atomic mass is 35.5. The number of rotatable bonds is 7. The van der Waals surface area contributed by atoms with Crippen molar-refractivity contribution in [1.82, 2.24) is 25.3 Å². The normalized spacial score (nSPS) is 17.7. The molecule has 1 amide bonds. The topological polar surface area (TPSA) is 62.2 Å². The van der Waals surface area contributed by atoms with Gasteiger partial charge >= 0.3 is 0 Å². The smallest absolute Gasteiger partial charge is 0.242 e. The fourth-order valence-corrected chi connectivity index (χ4v) is 3.78. The summed E-state index contributed by atoms with van der Waals surface area (Å²) < 4.78 is 1.70. The number of likely N-dealkylation sites (N-methyl/N-ethyl adjacent to an activating group) is 1. The molecule has 0 bridgehead atoms. The van der Waals surface area contributed by atoms with Gasteiger partial charge in [-0.25, -0.2) is 0 Å². The summed E-state index contributed by atoms with van der Waals surface area (Å²) in [6.45, 7) is 6.26. The predicted molar refractivity (Wildman–Crippen MR) is 121 cm³/mol. The second-order valence-electron chi connectivity index (χ2n) is 7.69. The van der Waals surface area contributed by atoms with Crippen molar-refractivity contribution in [2.45, 2.75) is 38.9 Å². The predicted octanol–water partition coefficient (Wildman–Crippen LogP) is 3.07. The lowest BCUT2D eigenvalue weighted by Gasteiger charge is -2.30. The second-order valence-corrected chi connectivity index (χ2v) is 7.69. The average molecular weight is 442 g/mol. The quantitative estimate of drug-likeness (QED) is 0.692. The molecular formula is C21H33Cl2N5O. The number of hydrogen-bond acceptors (Lipinski definition) is 4. The zero-order chi connectivity index (χ0) is 19.2. The van der Waals surface area contributed by atoms with Crippen molar-refractivity contribution in [3.63, 3.8) is 0 Å². The molecule has 1 aromatic carbocycles. The molecule has 1 saturated heterocycles. The Morgan fingerprint density at radius 3 is 2.52 bits per heavy atom. The minimum absolute atomic E-state index is 0. The fourth-order valence-electron chi connectivity index (χ4n) is 3.78. The van der Waals surface area contributed by atoms with E-state index in [0.29, 0.717) is 6.54 Å². The van der Waals surface area contributed by atoms with Gasteiger partial charge in [-0.15, -0.1) is 24.8 Å². The van der Waals surface area contributed by atoms with Crippen molar-refractivity contribution >= 4 is 30.7 Å². The number of likely N-dealkylation sites (tertiary alicyclic amines) is 1. The van der Waals surface area contributed by atoms with Gasteiger partial charge in [-0.1, -0.05) is 31.2 Å². The minimum atomic E-state index is -0.390. The molecule has 0 radical (unpaired) electrons. The number of aryl methyl sites for hydroxylation is 1. The monoisotopic (exact) mass is 441 g/mol. The number of amides is 1. The van der Waals surface area contributed by atoms with Gasteiger partial charge in [0.15, 0.2) is 0 Å². The Balaban J connectivity index is 0.00000210. The number of nitrogens with zero attached hydrogens (tertiary/aromatic N) is 3. The lowest BCUT2D eigenvalue weighted by Crippen LogP contribution is -2.35. The number of piperidine rings is 1. The highest BCUT2D eigenvalue weighted by Gasteiger charge is 2.20. The van der Waals surface area contributed by atoms with Crippen molar-refractivity contribution in [1.29, 1.82) is 0 Å². The van der Waals surface area contributed by atoms with E-state index in [9.17, 15) is 4.79 Å². The molecule has 2 unspecified atom stereocenters. The summed E-state index contributed by atoms with van der Waals surface area (Å²) in [6, 6.07) is 8.19. The van der Waals surface area contributed by atoms with Gasteiger partial charge in [0, 0.05) is 38.4 Å². The van der Waals surface area contributed by atoms with Crippen LogP contribution in [0.5, 0.6) is 0 Å². The van der Waals surface area contributed by atoms with Crippen LogP contribution in [0, 0.1) is 5.92 Å². The molecular weight excluding hydrogens is 409 g/mol. The van der Waals surface area contributed by atoms with Gasteiger partial charge in [0.1, 0.15) is 6.04 Å². The number of carbonyl (C=O) groups is 1. The zero-order valence-electron chi connectivity index (χ0n) is 17.4. The van der Waals surface area contributed by atoms with Crippen LogP contribution in [0.2, 0.25) is 0 Å². The summed E-state index contributed by atoms with van der Waals surface area (Å²) in [5, 5.41) is 10.2. The van der Waals surface area contributed by atoms with Crippen LogP contribution in [-0.2, 0) is 24.9 Å². The first-order valence-electron chi connectivity index (χ1n) is 9.79. The first kappa shape index (κ1) is 25.4. The van der Waals surface area contributed by atoms with E-state index < -0.39 is 0 Å². The standard InChI is InChI=1S/C21H31N5O.2ClH/c1-16-5-4-10-26(13-16)14-18-8-6-17(7-9-18)11-23-21(27)20(22-2)19-12-24-25(3)15-19;;/h6-9,12,15-16,20,22H,4-5,10-11,13-14H2,1-3H3,(H,23,27);2*1H. The molecule has 2 N–H and O–H groups in total. The van der Waals surface area contributed by atoms with Gasteiger partial charge < -0.3 is 10.6 Å². The molecule has 1 fully saturated rings. The highest BCUT2D eigenvalue weighted by Crippen LogP contribution is 2.18. The summed E-state index contributed by atoms with van der Waals surface area (Å²) in [4.78, 5) is 15.0. The van der Waals surface area contributed by atoms with E-state index in [2.05, 4.69) is 51.8 Å². The average Bonchev–Trinajstić information content (AvgIpc) is 3.08. The van der Waals surface area contributed by atoms with Crippen LogP contribution in [0.25, 0.3) is 0 Å². The Morgan fingerprint density at radius 1 is 1.24 bits per heavy atom. The molecule has 8 heteroatoms. The summed E-state index contributed by atoms with van der Waals surface area (Å²) >= 11 is 0. The lowest BCUT2D eigenvalue weighted by molar-refractivity contribution is -0.123. The molecule has 1 aromatic heterocycles. The number of nitrogens with one attached hydrogen (secondary N) is 2. The summed E-state index contributed by atoms with van der Waals surface area (Å²) in [6.07, 6.45) is 6.23. The first-order chi connectivity index (χ1) is 13.0. The molecule has 162 valence electrons. The van der Waals surface area contributed by atoms with Gasteiger partial charge in [-0.05, 0) is 43.5 Å². The van der Waals surface area contributed by atoms with Gasteiger partial charge in [0.05, 0.1) is 6.20 Å². The molecule has 6 nitrogen and oxygen atoms in total. The number of hydrogen-bond donors (Lipinski definition) is 2.